The van der Waals surface area contributed by atoms with Crippen LogP contribution < -0.4 is 9.47 Å². The molecule has 1 aromatic carbocycles. The Labute approximate surface area is 298 Å². The number of hydrogen-bond donors (Lipinski definition) is 2. The quantitative estimate of drug-likeness (QED) is 0.0722. The highest BCUT2D eigenvalue weighted by molar-refractivity contribution is 5.65. The van der Waals surface area contributed by atoms with Gasteiger partial charge in [0.05, 0.1) is 14.2 Å². The first kappa shape index (κ1) is 43.9. The second kappa shape index (κ2) is 24.9. The molecule has 0 saturated heterocycles. The summed E-state index contributed by atoms with van der Waals surface area (Å²) in [4.78, 5) is 0. The molecule has 0 aliphatic rings. The lowest BCUT2D eigenvalue weighted by Gasteiger charge is -2.19. The smallest absolute Gasteiger partial charge is 0.207 e. The molecule has 0 radical (unpaired) electrons. The highest BCUT2D eigenvalue weighted by Crippen LogP contribution is 2.48. The minimum absolute atomic E-state index is 0.0525. The Morgan fingerprint density at radius 1 is 0.562 bits per heavy atom. The standard InChI is InChI=1S/C44H78O4/c1-32(2)18-12-19-33(3)20-13-21-34(4)22-14-23-35(5)24-15-25-36(6)26-16-27-37(7)28-17-29-38(8)30-31-40-39(9)41(45)43(47-10)44(48-11)42(40)46/h22,24,32-33,36-38,45-46H,12-21,23,25-31H2,1-11H3/b34-22+,35-24+/t33?,36?,37?,38-/m1/s1. The van der Waals surface area contributed by atoms with Gasteiger partial charge >= 0.3 is 0 Å². The van der Waals surface area contributed by atoms with Crippen molar-refractivity contribution in [2.24, 2.45) is 29.6 Å². The summed E-state index contributed by atoms with van der Waals surface area (Å²) in [5.74, 6) is 4.40. The molecule has 0 saturated carbocycles. The predicted molar refractivity (Wildman–Crippen MR) is 209 cm³/mol. The van der Waals surface area contributed by atoms with Gasteiger partial charge in [0.15, 0.2) is 11.5 Å². The molecule has 0 spiro atoms. The van der Waals surface area contributed by atoms with E-state index in [9.17, 15) is 10.2 Å². The van der Waals surface area contributed by atoms with E-state index in [0.29, 0.717) is 17.9 Å². The third kappa shape index (κ3) is 18.1. The Morgan fingerprint density at radius 3 is 1.54 bits per heavy atom. The lowest BCUT2D eigenvalue weighted by Crippen LogP contribution is -2.03. The molecule has 4 nitrogen and oxygen atoms in total. The summed E-state index contributed by atoms with van der Waals surface area (Å²) >= 11 is 0. The number of phenols is 2. The zero-order valence-electron chi connectivity index (χ0n) is 33.5. The van der Waals surface area contributed by atoms with Crippen molar-refractivity contribution in [2.45, 2.75) is 178 Å². The Hall–Kier alpha value is -2.10. The maximum absolute atomic E-state index is 10.7. The van der Waals surface area contributed by atoms with Crippen LogP contribution in [0.5, 0.6) is 23.0 Å². The van der Waals surface area contributed by atoms with Gasteiger partial charge in [-0.05, 0) is 102 Å². The number of ether oxygens (including phenoxy) is 2. The average Bonchev–Trinajstić information content (AvgIpc) is 3.02. The van der Waals surface area contributed by atoms with E-state index >= 15 is 0 Å². The van der Waals surface area contributed by atoms with Gasteiger partial charge in [-0.25, -0.2) is 0 Å². The Morgan fingerprint density at radius 2 is 1.00 bits per heavy atom. The third-order valence-corrected chi connectivity index (χ3v) is 10.7. The molecule has 1 rings (SSSR count). The van der Waals surface area contributed by atoms with Gasteiger partial charge in [-0.3, -0.25) is 0 Å². The normalized spacial score (nSPS) is 15.1. The van der Waals surface area contributed by atoms with Gasteiger partial charge in [-0.1, -0.05) is 129 Å². The van der Waals surface area contributed by atoms with Gasteiger partial charge in [-0.15, -0.1) is 0 Å². The summed E-state index contributed by atoms with van der Waals surface area (Å²) in [7, 11) is 2.96. The van der Waals surface area contributed by atoms with E-state index in [0.717, 1.165) is 35.7 Å². The summed E-state index contributed by atoms with van der Waals surface area (Å²) in [5, 5.41) is 21.3. The summed E-state index contributed by atoms with van der Waals surface area (Å²) in [6, 6.07) is 0. The fourth-order valence-corrected chi connectivity index (χ4v) is 7.09. The van der Waals surface area contributed by atoms with Gasteiger partial charge in [0.2, 0.25) is 11.5 Å². The second-order valence-corrected chi connectivity index (χ2v) is 16.1. The van der Waals surface area contributed by atoms with Crippen LogP contribution in [0.3, 0.4) is 0 Å². The molecule has 4 heteroatoms. The number of aromatic hydroxyl groups is 2. The van der Waals surface area contributed by atoms with E-state index in [1.54, 1.807) is 11.1 Å². The van der Waals surface area contributed by atoms with E-state index in [-0.39, 0.29) is 23.0 Å². The van der Waals surface area contributed by atoms with E-state index < -0.39 is 0 Å². The number of methoxy groups -OCH3 is 2. The molecule has 278 valence electrons. The molecule has 0 aliphatic heterocycles. The van der Waals surface area contributed by atoms with Crippen LogP contribution in [0.2, 0.25) is 0 Å². The van der Waals surface area contributed by atoms with Crippen LogP contribution in [0.25, 0.3) is 0 Å². The van der Waals surface area contributed by atoms with E-state index in [1.165, 1.54) is 117 Å². The SMILES string of the molecule is COc1c(O)c(C)c(CC[C@H](C)CCCC(C)CCCC(C)CC/C=C(\C)CC/C=C(\C)CCCC(C)CCCC(C)C)c(O)c1OC. The maximum Gasteiger partial charge on any atom is 0.207 e. The number of phenolic OH excluding ortho intramolecular Hbond substituents is 2. The molecule has 0 fully saturated rings. The van der Waals surface area contributed by atoms with Crippen LogP contribution in [0, 0.1) is 36.5 Å². The van der Waals surface area contributed by atoms with Gasteiger partial charge in [0, 0.05) is 11.1 Å². The lowest BCUT2D eigenvalue weighted by molar-refractivity contribution is 0.313. The van der Waals surface area contributed by atoms with Crippen LogP contribution in [-0.2, 0) is 6.42 Å². The zero-order chi connectivity index (χ0) is 36.1. The molecule has 0 aromatic heterocycles. The fraction of sp³-hybridized carbons (Fsp3) is 0.773. The van der Waals surface area contributed by atoms with Gasteiger partial charge in [0.1, 0.15) is 0 Å². The van der Waals surface area contributed by atoms with Crippen molar-refractivity contribution in [3.05, 3.63) is 34.4 Å². The molecule has 3 unspecified atom stereocenters. The molecule has 2 N–H and O–H groups in total. The van der Waals surface area contributed by atoms with Gasteiger partial charge in [0.25, 0.3) is 0 Å². The van der Waals surface area contributed by atoms with Crippen molar-refractivity contribution in [1.82, 2.24) is 0 Å². The number of allylic oxidation sites excluding steroid dienone is 4. The molecular weight excluding hydrogens is 592 g/mol. The largest absolute Gasteiger partial charge is 0.504 e. The summed E-state index contributed by atoms with van der Waals surface area (Å²) in [6.45, 7) is 20.7. The van der Waals surface area contributed by atoms with Crippen LogP contribution in [-0.4, -0.2) is 24.4 Å². The molecule has 1 aromatic rings. The highest BCUT2D eigenvalue weighted by Gasteiger charge is 2.23. The summed E-state index contributed by atoms with van der Waals surface area (Å²) < 4.78 is 10.6. The fourth-order valence-electron chi connectivity index (χ4n) is 7.09. The zero-order valence-corrected chi connectivity index (χ0v) is 33.5. The Bertz CT molecular complexity index is 1070. The van der Waals surface area contributed by atoms with Crippen molar-refractivity contribution >= 4 is 0 Å². The Balaban J connectivity index is 2.20. The molecular formula is C44H78O4. The number of rotatable bonds is 27. The third-order valence-electron chi connectivity index (χ3n) is 10.7. The van der Waals surface area contributed by atoms with Crippen LogP contribution in [0.4, 0.5) is 0 Å². The first-order valence-electron chi connectivity index (χ1n) is 19.8. The highest BCUT2D eigenvalue weighted by atomic mass is 16.5. The minimum Gasteiger partial charge on any atom is -0.504 e. The average molecular weight is 671 g/mol. The predicted octanol–water partition coefficient (Wildman–Crippen LogP) is 13.7. The van der Waals surface area contributed by atoms with Gasteiger partial charge < -0.3 is 19.7 Å². The molecule has 0 aliphatic carbocycles. The van der Waals surface area contributed by atoms with E-state index in [4.69, 9.17) is 9.47 Å². The number of hydrogen-bond acceptors (Lipinski definition) is 4. The molecule has 0 heterocycles. The Kier molecular flexibility index (Phi) is 22.8. The lowest BCUT2D eigenvalue weighted by atomic mass is 9.90. The molecule has 4 atom stereocenters. The summed E-state index contributed by atoms with van der Waals surface area (Å²) in [5.41, 5.74) is 4.56. The van der Waals surface area contributed by atoms with Crippen molar-refractivity contribution in [1.29, 1.82) is 0 Å². The van der Waals surface area contributed by atoms with Crippen molar-refractivity contribution in [3.8, 4) is 23.0 Å². The van der Waals surface area contributed by atoms with Gasteiger partial charge in [-0.2, -0.15) is 0 Å². The van der Waals surface area contributed by atoms with Crippen molar-refractivity contribution < 1.29 is 19.7 Å². The first-order valence-corrected chi connectivity index (χ1v) is 19.8. The van der Waals surface area contributed by atoms with Crippen LogP contribution in [0.15, 0.2) is 23.3 Å². The van der Waals surface area contributed by atoms with Crippen molar-refractivity contribution in [3.63, 3.8) is 0 Å². The van der Waals surface area contributed by atoms with Crippen molar-refractivity contribution in [2.75, 3.05) is 14.2 Å². The van der Waals surface area contributed by atoms with Crippen LogP contribution >= 0.6 is 0 Å². The molecule has 0 bridgehead atoms. The monoisotopic (exact) mass is 671 g/mol. The summed E-state index contributed by atoms with van der Waals surface area (Å²) in [6.07, 6.45) is 27.5. The minimum atomic E-state index is 0.0525. The number of benzene rings is 1. The molecule has 48 heavy (non-hydrogen) atoms. The first-order chi connectivity index (χ1) is 22.8. The topological polar surface area (TPSA) is 58.9 Å². The maximum atomic E-state index is 10.7. The van der Waals surface area contributed by atoms with Crippen LogP contribution in [0.1, 0.15) is 176 Å². The van der Waals surface area contributed by atoms with E-state index in [1.807, 2.05) is 6.92 Å². The second-order valence-electron chi connectivity index (χ2n) is 16.1. The molecule has 0 amide bonds. The van der Waals surface area contributed by atoms with E-state index in [2.05, 4.69) is 67.5 Å².